The first-order valence-electron chi connectivity index (χ1n) is 26.7. The van der Waals surface area contributed by atoms with Gasteiger partial charge in [-0.3, -0.25) is 0 Å². The minimum absolute atomic E-state index is 0.0417. The van der Waals surface area contributed by atoms with E-state index in [9.17, 15) is 69.2 Å². The highest BCUT2D eigenvalue weighted by Gasteiger charge is 2.35. The van der Waals surface area contributed by atoms with Gasteiger partial charge in [-0.1, -0.05) is 108 Å². The molecule has 18 nitrogen and oxygen atoms in total. The molecule has 0 saturated carbocycles. The summed E-state index contributed by atoms with van der Waals surface area (Å²) in [5.41, 5.74) is 1.91. The number of rotatable bonds is 15. The molecular weight excluding hydrogens is 1300 g/mol. The SMILES string of the molecule is O=C(O)C(Oc1ccc(Cl)cc1-n1nc2ccccc2n1)c1ccc(C(F)(F)F)cc1.O=C(O)C(Oc1ccc(Cl)cc1-n1nc2ccccc2n1)c1ccc(C(F)(F)F)cc1.O=C(O)C(Oc1ccc(Cl)cc1-n1nc2ccccc2n1)c1ccc(C(F)(F)F)cc1. The second-order valence-corrected chi connectivity index (χ2v) is 20.9. The number of halogens is 12. The smallest absolute Gasteiger partial charge is 0.416 e. The molecule has 12 rings (SSSR count). The number of aliphatic carboxylic acids is 3. The van der Waals surface area contributed by atoms with Crippen LogP contribution in [0.15, 0.2) is 200 Å². The first kappa shape index (κ1) is 65.2. The number of ether oxygens (including phenoxy) is 3. The fraction of sp³-hybridized carbons (Fsp3) is 0.0952. The summed E-state index contributed by atoms with van der Waals surface area (Å²) in [7, 11) is 0. The van der Waals surface area contributed by atoms with Crippen molar-refractivity contribution in [2.45, 2.75) is 36.8 Å². The lowest BCUT2D eigenvalue weighted by molar-refractivity contribution is -0.146. The van der Waals surface area contributed by atoms with Crippen molar-refractivity contribution in [3.8, 4) is 34.3 Å². The average Bonchev–Trinajstić information content (AvgIpc) is 1.72. The molecule has 3 unspecified atom stereocenters. The standard InChI is InChI=1S/3C21H13ClF3N3O3/c3*22-14-9-10-18(17(11-14)28-26-15-3-1-2-4-16(15)27-28)31-19(20(29)30)12-5-7-13(8-6-12)21(23,24)25/h3*1-11,19H,(H,29,30). The van der Waals surface area contributed by atoms with Gasteiger partial charge >= 0.3 is 36.4 Å². The molecular formula is C63H39Cl3F9N9O9. The van der Waals surface area contributed by atoms with E-state index in [1.54, 1.807) is 72.8 Å². The molecule has 0 aliphatic carbocycles. The van der Waals surface area contributed by atoms with E-state index in [-0.39, 0.29) is 51.0 Å². The molecule has 0 spiro atoms. The Balaban J connectivity index is 0.000000153. The van der Waals surface area contributed by atoms with Crippen molar-refractivity contribution in [1.82, 2.24) is 45.0 Å². The summed E-state index contributed by atoms with van der Waals surface area (Å²) < 4.78 is 132. The minimum atomic E-state index is -4.53. The number of benzene rings is 9. The Labute approximate surface area is 531 Å². The number of aromatic nitrogens is 9. The molecule has 3 heterocycles. The second kappa shape index (κ2) is 27.0. The van der Waals surface area contributed by atoms with Crippen molar-refractivity contribution >= 4 is 85.8 Å². The van der Waals surface area contributed by atoms with Crippen LogP contribution in [0.3, 0.4) is 0 Å². The maximum Gasteiger partial charge on any atom is 0.416 e. The van der Waals surface area contributed by atoms with E-state index in [1.807, 2.05) is 0 Å². The number of nitrogens with zero attached hydrogens (tertiary/aromatic N) is 9. The highest BCUT2D eigenvalue weighted by atomic mass is 35.5. The van der Waals surface area contributed by atoms with Gasteiger partial charge in [0, 0.05) is 31.8 Å². The predicted octanol–water partition coefficient (Wildman–Crippen LogP) is 15.9. The lowest BCUT2D eigenvalue weighted by atomic mass is 10.1. The van der Waals surface area contributed by atoms with Gasteiger partial charge in [-0.05, 0) is 127 Å². The van der Waals surface area contributed by atoms with Crippen LogP contribution in [0, 0.1) is 0 Å². The Kier molecular flexibility index (Phi) is 18.9. The summed E-state index contributed by atoms with van der Waals surface area (Å²) in [5, 5.41) is 56.0. The predicted molar refractivity (Wildman–Crippen MR) is 319 cm³/mol. The highest BCUT2D eigenvalue weighted by molar-refractivity contribution is 6.31. The van der Waals surface area contributed by atoms with Crippen molar-refractivity contribution in [2.24, 2.45) is 0 Å². The first-order chi connectivity index (χ1) is 44.2. The van der Waals surface area contributed by atoms with E-state index < -0.39 is 71.4 Å². The van der Waals surface area contributed by atoms with Crippen LogP contribution in [0.25, 0.3) is 50.2 Å². The molecule has 30 heteroatoms. The number of alkyl halides is 9. The fourth-order valence-electron chi connectivity index (χ4n) is 8.85. The third kappa shape index (κ3) is 15.5. The second-order valence-electron chi connectivity index (χ2n) is 19.6. The lowest BCUT2D eigenvalue weighted by Crippen LogP contribution is -2.19. The van der Waals surface area contributed by atoms with Crippen LogP contribution in [0.5, 0.6) is 17.2 Å². The number of carboxylic acid groups (broad SMARTS) is 3. The molecule has 0 bridgehead atoms. The van der Waals surface area contributed by atoms with Crippen molar-refractivity contribution in [3.63, 3.8) is 0 Å². The Hall–Kier alpha value is -10.8. The van der Waals surface area contributed by atoms with E-state index >= 15 is 0 Å². The molecule has 0 aliphatic heterocycles. The Morgan fingerprint density at radius 1 is 0.333 bits per heavy atom. The van der Waals surface area contributed by atoms with Gasteiger partial charge in [0.05, 0.1) is 16.7 Å². The van der Waals surface area contributed by atoms with Gasteiger partial charge in [0.2, 0.25) is 18.3 Å². The maximum absolute atomic E-state index is 12.8. The van der Waals surface area contributed by atoms with Crippen LogP contribution < -0.4 is 14.2 Å². The minimum Gasteiger partial charge on any atom is -0.478 e. The summed E-state index contributed by atoms with van der Waals surface area (Å²) in [4.78, 5) is 39.3. The first-order valence-corrected chi connectivity index (χ1v) is 27.9. The Morgan fingerprint density at radius 2 is 0.538 bits per heavy atom. The van der Waals surface area contributed by atoms with Crippen LogP contribution in [0.1, 0.15) is 51.7 Å². The molecule has 93 heavy (non-hydrogen) atoms. The summed E-state index contributed by atoms with van der Waals surface area (Å²) in [5.74, 6) is -3.84. The summed E-state index contributed by atoms with van der Waals surface area (Å²) in [6, 6.07) is 45.9. The van der Waals surface area contributed by atoms with Gasteiger partial charge in [-0.25, -0.2) is 14.4 Å². The Bertz CT molecular complexity index is 4140. The van der Waals surface area contributed by atoms with Crippen LogP contribution in [0.2, 0.25) is 15.1 Å². The number of carbonyl (C=O) groups is 3. The molecule has 0 fully saturated rings. The normalized spacial score (nSPS) is 12.6. The van der Waals surface area contributed by atoms with Crippen molar-refractivity contribution in [2.75, 3.05) is 0 Å². The summed E-state index contributed by atoms with van der Waals surface area (Å²) in [6.07, 6.45) is -18.3. The molecule has 3 aromatic heterocycles. The van der Waals surface area contributed by atoms with Gasteiger partial charge in [-0.15, -0.1) is 45.0 Å². The van der Waals surface area contributed by atoms with E-state index in [0.29, 0.717) is 48.2 Å². The molecule has 0 aliphatic rings. The van der Waals surface area contributed by atoms with Crippen LogP contribution >= 0.6 is 34.8 Å². The average molecular weight is 1340 g/mol. The van der Waals surface area contributed by atoms with Gasteiger partial charge in [-0.2, -0.15) is 39.5 Å². The Morgan fingerprint density at radius 3 is 0.720 bits per heavy atom. The summed E-state index contributed by atoms with van der Waals surface area (Å²) in [6.45, 7) is 0. The zero-order valence-corrected chi connectivity index (χ0v) is 48.9. The molecule has 0 amide bonds. The van der Waals surface area contributed by atoms with Gasteiger partial charge < -0.3 is 29.5 Å². The highest BCUT2D eigenvalue weighted by Crippen LogP contribution is 2.38. The maximum atomic E-state index is 12.8. The molecule has 0 radical (unpaired) electrons. The van der Waals surface area contributed by atoms with E-state index in [2.05, 4.69) is 30.6 Å². The zero-order valence-electron chi connectivity index (χ0n) is 46.6. The fourth-order valence-corrected chi connectivity index (χ4v) is 9.35. The van der Waals surface area contributed by atoms with E-state index in [4.69, 9.17) is 49.0 Å². The van der Waals surface area contributed by atoms with Gasteiger partial charge in [0.1, 0.15) is 67.4 Å². The molecule has 474 valence electrons. The van der Waals surface area contributed by atoms with Crippen LogP contribution in [-0.2, 0) is 32.9 Å². The molecule has 9 aromatic carbocycles. The zero-order chi connectivity index (χ0) is 66.5. The number of hydrogen-bond donors (Lipinski definition) is 3. The largest absolute Gasteiger partial charge is 0.478 e. The molecule has 3 atom stereocenters. The third-order valence-electron chi connectivity index (χ3n) is 13.3. The van der Waals surface area contributed by atoms with Crippen molar-refractivity contribution in [3.05, 3.63) is 249 Å². The van der Waals surface area contributed by atoms with Gasteiger partial charge in [0.25, 0.3) is 0 Å². The number of carboxylic acids is 3. The monoisotopic (exact) mass is 1340 g/mol. The van der Waals surface area contributed by atoms with Crippen molar-refractivity contribution in [1.29, 1.82) is 0 Å². The number of hydrogen-bond acceptors (Lipinski definition) is 12. The van der Waals surface area contributed by atoms with Crippen LogP contribution in [0.4, 0.5) is 39.5 Å². The quantitative estimate of drug-likeness (QED) is 0.0810. The molecule has 0 saturated heterocycles. The van der Waals surface area contributed by atoms with Crippen LogP contribution in [-0.4, -0.2) is 78.2 Å². The lowest BCUT2D eigenvalue weighted by Gasteiger charge is -2.18. The topological polar surface area (TPSA) is 232 Å². The third-order valence-corrected chi connectivity index (χ3v) is 14.0. The molecule has 12 aromatic rings. The van der Waals surface area contributed by atoms with E-state index in [0.717, 1.165) is 72.8 Å². The molecule has 3 N–H and O–H groups in total. The van der Waals surface area contributed by atoms with Crippen molar-refractivity contribution < 1.29 is 83.4 Å². The summed E-state index contributed by atoms with van der Waals surface area (Å²) >= 11 is 18.3. The number of fused-ring (bicyclic) bond motifs is 3. The van der Waals surface area contributed by atoms with E-state index in [1.165, 1.54) is 69.0 Å². The van der Waals surface area contributed by atoms with Gasteiger partial charge in [0.15, 0.2) is 0 Å².